The minimum atomic E-state index is 0.0650. The maximum absolute atomic E-state index is 12.6. The van der Waals surface area contributed by atoms with Gasteiger partial charge in [-0.25, -0.2) is 4.79 Å². The third-order valence-electron chi connectivity index (χ3n) is 5.07. The number of urea groups is 1. The fourth-order valence-corrected chi connectivity index (χ4v) is 3.80. The van der Waals surface area contributed by atoms with Gasteiger partial charge in [-0.1, -0.05) is 5.21 Å². The molecule has 2 N–H and O–H groups in total. The van der Waals surface area contributed by atoms with E-state index in [-0.39, 0.29) is 12.1 Å². The molecule has 1 aliphatic heterocycles. The number of aryl methyl sites for hydroxylation is 1. The van der Waals surface area contributed by atoms with Crippen LogP contribution < -0.4 is 5.32 Å². The van der Waals surface area contributed by atoms with E-state index in [1.165, 1.54) is 11.3 Å². The van der Waals surface area contributed by atoms with E-state index in [0.717, 1.165) is 51.7 Å². The molecule has 2 aromatic rings. The third-order valence-corrected chi connectivity index (χ3v) is 5.07. The molecule has 8 nitrogen and oxygen atoms in total. The number of nitrogens with zero attached hydrogens (tertiary/aromatic N) is 5. The summed E-state index contributed by atoms with van der Waals surface area (Å²) >= 11 is 0. The lowest BCUT2D eigenvalue weighted by molar-refractivity contribution is 0.153. The predicted octanol–water partition coefficient (Wildman–Crippen LogP) is 0.980. The van der Waals surface area contributed by atoms with Crippen molar-refractivity contribution >= 4 is 6.03 Å². The quantitative estimate of drug-likeness (QED) is 0.878. The van der Waals surface area contributed by atoms with Gasteiger partial charge >= 0.3 is 6.03 Å². The Hall–Kier alpha value is -2.38. The highest BCUT2D eigenvalue weighted by Crippen LogP contribution is 2.21. The monoisotopic (exact) mass is 329 g/mol. The molecular formula is C16H23N7O. The molecule has 0 spiro atoms. The van der Waals surface area contributed by atoms with Crippen LogP contribution in [0.2, 0.25) is 0 Å². The maximum Gasteiger partial charge on any atom is 0.317 e. The summed E-state index contributed by atoms with van der Waals surface area (Å²) in [5.74, 6) is 0.443. The van der Waals surface area contributed by atoms with Crippen molar-refractivity contribution in [2.24, 2.45) is 5.92 Å². The number of likely N-dealkylation sites (tertiary alicyclic amines) is 1. The summed E-state index contributed by atoms with van der Waals surface area (Å²) in [7, 11) is 0. The number of hydrogen-bond acceptors (Lipinski definition) is 4. The van der Waals surface area contributed by atoms with E-state index >= 15 is 0 Å². The smallest absolute Gasteiger partial charge is 0.317 e. The summed E-state index contributed by atoms with van der Waals surface area (Å²) in [4.78, 5) is 14.6. The van der Waals surface area contributed by atoms with Gasteiger partial charge < -0.3 is 10.2 Å². The minimum absolute atomic E-state index is 0.0650. The molecule has 2 amide bonds. The van der Waals surface area contributed by atoms with Crippen molar-refractivity contribution < 1.29 is 4.79 Å². The predicted molar refractivity (Wildman–Crippen MR) is 87.3 cm³/mol. The highest BCUT2D eigenvalue weighted by atomic mass is 16.2. The molecule has 24 heavy (non-hydrogen) atoms. The first-order chi connectivity index (χ1) is 11.8. The minimum Gasteiger partial charge on any atom is -0.335 e. The van der Waals surface area contributed by atoms with Gasteiger partial charge in [0.15, 0.2) is 0 Å². The van der Waals surface area contributed by atoms with Crippen LogP contribution in [0.15, 0.2) is 18.6 Å². The number of amides is 2. The van der Waals surface area contributed by atoms with Gasteiger partial charge in [0.1, 0.15) is 0 Å². The van der Waals surface area contributed by atoms with E-state index < -0.39 is 0 Å². The molecule has 1 fully saturated rings. The van der Waals surface area contributed by atoms with Crippen LogP contribution in [-0.4, -0.2) is 55.3 Å². The number of rotatable bonds is 3. The number of aromatic nitrogens is 5. The molecule has 4 rings (SSSR count). The molecule has 0 radical (unpaired) electrons. The van der Waals surface area contributed by atoms with E-state index in [0.29, 0.717) is 5.92 Å². The van der Waals surface area contributed by atoms with Crippen molar-refractivity contribution in [1.82, 2.24) is 35.4 Å². The summed E-state index contributed by atoms with van der Waals surface area (Å²) in [6, 6.07) is 0.272. The second kappa shape index (κ2) is 6.62. The molecule has 1 aliphatic carbocycles. The zero-order chi connectivity index (χ0) is 16.4. The van der Waals surface area contributed by atoms with Gasteiger partial charge in [0.2, 0.25) is 0 Å². The zero-order valence-electron chi connectivity index (χ0n) is 13.7. The topological polar surface area (TPSA) is 91.7 Å². The number of nitrogens with one attached hydrogen (secondary N) is 2. The van der Waals surface area contributed by atoms with E-state index in [1.54, 1.807) is 6.20 Å². The molecule has 2 unspecified atom stereocenters. The van der Waals surface area contributed by atoms with Crippen LogP contribution in [0.25, 0.3) is 0 Å². The summed E-state index contributed by atoms with van der Waals surface area (Å²) in [5, 5.41) is 18.2. The van der Waals surface area contributed by atoms with Crippen molar-refractivity contribution in [3.63, 3.8) is 0 Å². The lowest BCUT2D eigenvalue weighted by atomic mass is 9.93. The van der Waals surface area contributed by atoms with Crippen molar-refractivity contribution in [1.29, 1.82) is 0 Å². The number of piperidine rings is 1. The largest absolute Gasteiger partial charge is 0.335 e. The Morgan fingerprint density at radius 1 is 1.42 bits per heavy atom. The number of H-pyrrole nitrogens is 1. The second-order valence-corrected chi connectivity index (χ2v) is 6.84. The Morgan fingerprint density at radius 3 is 3.25 bits per heavy atom. The normalized spacial score (nSPS) is 23.8. The van der Waals surface area contributed by atoms with Gasteiger partial charge in [-0.05, 0) is 43.6 Å². The number of carbonyl (C=O) groups is 1. The van der Waals surface area contributed by atoms with Gasteiger partial charge in [0.25, 0.3) is 0 Å². The molecule has 0 aromatic carbocycles. The van der Waals surface area contributed by atoms with Crippen molar-refractivity contribution in [3.8, 4) is 0 Å². The van der Waals surface area contributed by atoms with Crippen LogP contribution in [0.4, 0.5) is 4.79 Å². The van der Waals surface area contributed by atoms with Crippen LogP contribution in [0.3, 0.4) is 0 Å². The Kier molecular flexibility index (Phi) is 4.18. The van der Waals surface area contributed by atoms with Gasteiger partial charge in [-0.2, -0.15) is 5.10 Å². The third kappa shape index (κ3) is 3.27. The fraction of sp³-hybridized carbons (Fsp3) is 0.625. The molecule has 0 bridgehead atoms. The SMILES string of the molecule is O=C(NC1CCc2[nH]ncc2C1)N1CCCC(Cn2ccnn2)C1. The number of fused-ring (bicyclic) bond motifs is 1. The summed E-state index contributed by atoms with van der Waals surface area (Å²) in [5.41, 5.74) is 2.45. The van der Waals surface area contributed by atoms with Crippen LogP contribution in [0.1, 0.15) is 30.5 Å². The lowest BCUT2D eigenvalue weighted by Crippen LogP contribution is -2.50. The van der Waals surface area contributed by atoms with Gasteiger partial charge in [-0.3, -0.25) is 9.78 Å². The van der Waals surface area contributed by atoms with Crippen LogP contribution in [0, 0.1) is 5.92 Å². The van der Waals surface area contributed by atoms with E-state index in [4.69, 9.17) is 0 Å². The van der Waals surface area contributed by atoms with Crippen molar-refractivity contribution in [2.75, 3.05) is 13.1 Å². The molecule has 128 valence electrons. The van der Waals surface area contributed by atoms with E-state index in [2.05, 4.69) is 25.8 Å². The van der Waals surface area contributed by atoms with Crippen LogP contribution in [0.5, 0.6) is 0 Å². The van der Waals surface area contributed by atoms with E-state index in [9.17, 15) is 4.79 Å². The first-order valence-corrected chi connectivity index (χ1v) is 8.68. The molecular weight excluding hydrogens is 306 g/mol. The number of hydrogen-bond donors (Lipinski definition) is 2. The number of aromatic amines is 1. The average molecular weight is 329 g/mol. The Labute approximate surface area is 140 Å². The van der Waals surface area contributed by atoms with Gasteiger partial charge in [-0.15, -0.1) is 5.10 Å². The Bertz CT molecular complexity index is 680. The average Bonchev–Trinajstić information content (AvgIpc) is 3.26. The van der Waals surface area contributed by atoms with Crippen LogP contribution in [-0.2, 0) is 19.4 Å². The molecule has 1 saturated heterocycles. The number of carbonyl (C=O) groups excluding carboxylic acids is 1. The fourth-order valence-electron chi connectivity index (χ4n) is 3.80. The highest BCUT2D eigenvalue weighted by Gasteiger charge is 2.27. The first kappa shape index (κ1) is 15.2. The summed E-state index contributed by atoms with van der Waals surface area (Å²) in [6.45, 7) is 2.45. The first-order valence-electron chi connectivity index (χ1n) is 8.68. The van der Waals surface area contributed by atoms with Crippen molar-refractivity contribution in [2.45, 2.75) is 44.7 Å². The van der Waals surface area contributed by atoms with Gasteiger partial charge in [0, 0.05) is 37.6 Å². The Balaban J connectivity index is 1.31. The van der Waals surface area contributed by atoms with Crippen molar-refractivity contribution in [3.05, 3.63) is 29.8 Å². The highest BCUT2D eigenvalue weighted by molar-refractivity contribution is 5.74. The lowest BCUT2D eigenvalue weighted by Gasteiger charge is -2.34. The van der Waals surface area contributed by atoms with Crippen LogP contribution >= 0.6 is 0 Å². The maximum atomic E-state index is 12.6. The molecule has 8 heteroatoms. The molecule has 2 aromatic heterocycles. The molecule has 0 saturated carbocycles. The van der Waals surface area contributed by atoms with E-state index in [1.807, 2.05) is 22.0 Å². The molecule has 2 aliphatic rings. The second-order valence-electron chi connectivity index (χ2n) is 6.84. The van der Waals surface area contributed by atoms with Gasteiger partial charge in [0.05, 0.1) is 12.4 Å². The summed E-state index contributed by atoms with van der Waals surface area (Å²) < 4.78 is 1.85. The Morgan fingerprint density at radius 2 is 2.38 bits per heavy atom. The molecule has 2 atom stereocenters. The molecule has 3 heterocycles. The zero-order valence-corrected chi connectivity index (χ0v) is 13.7. The summed E-state index contributed by atoms with van der Waals surface area (Å²) in [6.07, 6.45) is 10.4. The standard InChI is InChI=1S/C16H23N7O/c24-16(19-14-3-4-15-13(8-14)9-18-20-15)22-6-1-2-12(10-22)11-23-7-5-17-21-23/h5,7,9,12,14H,1-4,6,8,10-11H2,(H,18,20)(H,19,24).